The molecule has 0 bridgehead atoms. The van der Waals surface area contributed by atoms with Crippen LogP contribution in [0.25, 0.3) is 0 Å². The van der Waals surface area contributed by atoms with Crippen LogP contribution in [0.5, 0.6) is 5.75 Å². The maximum atomic E-state index is 12.8. The fourth-order valence-corrected chi connectivity index (χ4v) is 6.46. The molecule has 2 fully saturated rings. The van der Waals surface area contributed by atoms with E-state index in [1.165, 1.54) is 89.9 Å². The van der Waals surface area contributed by atoms with Crippen molar-refractivity contribution in [1.82, 2.24) is 0 Å². The van der Waals surface area contributed by atoms with Gasteiger partial charge in [0.2, 0.25) is 0 Å². The van der Waals surface area contributed by atoms with Crippen molar-refractivity contribution in [2.24, 2.45) is 17.8 Å². The highest BCUT2D eigenvalue weighted by molar-refractivity contribution is 5.90. The van der Waals surface area contributed by atoms with Gasteiger partial charge < -0.3 is 9.47 Å². The Labute approximate surface area is 226 Å². The van der Waals surface area contributed by atoms with E-state index in [0.717, 1.165) is 43.4 Å². The number of rotatable bonds is 15. The number of hydrogen-bond donors (Lipinski definition) is 0. The van der Waals surface area contributed by atoms with Gasteiger partial charge in [-0.3, -0.25) is 0 Å². The van der Waals surface area contributed by atoms with E-state index in [1.54, 1.807) is 18.2 Å². The van der Waals surface area contributed by atoms with E-state index in [9.17, 15) is 10.1 Å². The minimum Gasteiger partial charge on any atom is -0.492 e. The molecule has 4 heteroatoms. The molecule has 1 aromatic rings. The summed E-state index contributed by atoms with van der Waals surface area (Å²) in [5, 5.41) is 9.59. The Kier molecular flexibility index (Phi) is 13.4. The lowest BCUT2D eigenvalue weighted by molar-refractivity contribution is 0.0109. The Balaban J connectivity index is 1.37. The largest absolute Gasteiger partial charge is 0.492 e. The van der Waals surface area contributed by atoms with Crippen molar-refractivity contribution in [1.29, 1.82) is 5.26 Å². The molecule has 0 spiro atoms. The number of carbonyl (C=O) groups is 1. The minimum absolute atomic E-state index is 0.00306. The summed E-state index contributed by atoms with van der Waals surface area (Å²) in [7, 11) is 0. The zero-order valence-corrected chi connectivity index (χ0v) is 23.6. The Bertz CT molecular complexity index is 828. The Morgan fingerprint density at radius 2 is 1.46 bits per heavy atom. The van der Waals surface area contributed by atoms with Crippen LogP contribution in [0.15, 0.2) is 18.2 Å². The first-order valence-electron chi connectivity index (χ1n) is 15.5. The maximum Gasteiger partial charge on any atom is 0.338 e. The normalized spacial score (nSPS) is 23.8. The van der Waals surface area contributed by atoms with Crippen LogP contribution in [0.1, 0.15) is 145 Å². The monoisotopic (exact) mass is 509 g/mol. The van der Waals surface area contributed by atoms with Crippen molar-refractivity contribution in [3.8, 4) is 11.8 Å². The number of hydrogen-bond acceptors (Lipinski definition) is 4. The van der Waals surface area contributed by atoms with Crippen molar-refractivity contribution in [3.63, 3.8) is 0 Å². The number of nitriles is 1. The molecule has 37 heavy (non-hydrogen) atoms. The van der Waals surface area contributed by atoms with Crippen molar-refractivity contribution in [2.75, 3.05) is 6.61 Å². The Morgan fingerprint density at radius 1 is 0.838 bits per heavy atom. The molecular weight excluding hydrogens is 458 g/mol. The fourth-order valence-electron chi connectivity index (χ4n) is 6.46. The van der Waals surface area contributed by atoms with Crippen LogP contribution in [0, 0.1) is 29.1 Å². The molecule has 0 atom stereocenters. The summed E-state index contributed by atoms with van der Waals surface area (Å²) in [6, 6.07) is 7.31. The quantitative estimate of drug-likeness (QED) is 0.174. The fraction of sp³-hybridized carbons (Fsp3) is 0.758. The highest BCUT2D eigenvalue weighted by atomic mass is 16.5. The third-order valence-corrected chi connectivity index (χ3v) is 8.86. The van der Waals surface area contributed by atoms with Gasteiger partial charge in [-0.15, -0.1) is 0 Å². The van der Waals surface area contributed by atoms with E-state index in [-0.39, 0.29) is 12.1 Å². The smallest absolute Gasteiger partial charge is 0.338 e. The highest BCUT2D eigenvalue weighted by Crippen LogP contribution is 2.41. The van der Waals surface area contributed by atoms with E-state index in [1.807, 2.05) is 0 Å². The van der Waals surface area contributed by atoms with Crippen molar-refractivity contribution in [2.45, 2.75) is 136 Å². The highest BCUT2D eigenvalue weighted by Gasteiger charge is 2.32. The lowest BCUT2D eigenvalue weighted by Crippen LogP contribution is -2.29. The standard InChI is InChI=1S/C33H51NO3/c1-3-5-7-8-9-11-23-36-32-22-19-29(24-30(32)25-34)33(35)37-31-20-17-28(18-21-31)27-15-13-26(14-16-27)12-10-6-4-2/h19,22,24,26-28,31H,3-18,20-21,23H2,1-2H3. The van der Waals surface area contributed by atoms with Gasteiger partial charge in [0.15, 0.2) is 0 Å². The van der Waals surface area contributed by atoms with Gasteiger partial charge in [-0.25, -0.2) is 4.79 Å². The van der Waals surface area contributed by atoms with Gasteiger partial charge in [0.05, 0.1) is 17.7 Å². The van der Waals surface area contributed by atoms with Crippen molar-refractivity contribution >= 4 is 5.97 Å². The van der Waals surface area contributed by atoms with Crippen LogP contribution >= 0.6 is 0 Å². The van der Waals surface area contributed by atoms with E-state index >= 15 is 0 Å². The second kappa shape index (κ2) is 16.7. The Morgan fingerprint density at radius 3 is 2.14 bits per heavy atom. The van der Waals surface area contributed by atoms with E-state index in [4.69, 9.17) is 9.47 Å². The molecule has 2 aliphatic carbocycles. The molecule has 0 aromatic heterocycles. The second-order valence-corrected chi connectivity index (χ2v) is 11.7. The Hall–Kier alpha value is -2.02. The summed E-state index contributed by atoms with van der Waals surface area (Å²) >= 11 is 0. The molecule has 0 radical (unpaired) electrons. The molecule has 1 aromatic carbocycles. The van der Waals surface area contributed by atoms with Gasteiger partial charge in [-0.2, -0.15) is 5.26 Å². The van der Waals surface area contributed by atoms with E-state index < -0.39 is 0 Å². The number of esters is 1. The SMILES string of the molecule is CCCCCCCCOc1ccc(C(=O)OC2CCC(C3CCC(CCCCC)CC3)CC2)cc1C#N. The molecule has 0 heterocycles. The lowest BCUT2D eigenvalue weighted by Gasteiger charge is -2.37. The maximum absolute atomic E-state index is 12.8. The molecule has 4 nitrogen and oxygen atoms in total. The van der Waals surface area contributed by atoms with Crippen molar-refractivity contribution in [3.05, 3.63) is 29.3 Å². The molecule has 2 saturated carbocycles. The molecule has 0 unspecified atom stereocenters. The van der Waals surface area contributed by atoms with Crippen LogP contribution in [0.2, 0.25) is 0 Å². The molecule has 0 aliphatic heterocycles. The molecule has 2 aliphatic rings. The van der Waals surface area contributed by atoms with Crippen LogP contribution in [-0.4, -0.2) is 18.7 Å². The topological polar surface area (TPSA) is 59.3 Å². The summed E-state index contributed by atoms with van der Waals surface area (Å²) in [5.41, 5.74) is 0.862. The lowest BCUT2D eigenvalue weighted by atomic mass is 9.70. The molecule has 0 amide bonds. The third kappa shape index (κ3) is 9.99. The number of ether oxygens (including phenoxy) is 2. The van der Waals surface area contributed by atoms with Crippen LogP contribution in [-0.2, 0) is 4.74 Å². The average Bonchev–Trinajstić information content (AvgIpc) is 2.93. The van der Waals surface area contributed by atoms with E-state index in [0.29, 0.717) is 23.5 Å². The molecule has 3 rings (SSSR count). The van der Waals surface area contributed by atoms with Crippen LogP contribution < -0.4 is 4.74 Å². The van der Waals surface area contributed by atoms with Gasteiger partial charge >= 0.3 is 5.97 Å². The van der Waals surface area contributed by atoms with Gasteiger partial charge in [-0.05, 0) is 80.9 Å². The zero-order valence-electron chi connectivity index (χ0n) is 23.6. The van der Waals surface area contributed by atoms with Crippen LogP contribution in [0.4, 0.5) is 0 Å². The second-order valence-electron chi connectivity index (χ2n) is 11.7. The molecule has 0 N–H and O–H groups in total. The predicted molar refractivity (Wildman–Crippen MR) is 151 cm³/mol. The van der Waals surface area contributed by atoms with Gasteiger partial charge in [0, 0.05) is 0 Å². The summed E-state index contributed by atoms with van der Waals surface area (Å²) in [4.78, 5) is 12.8. The summed E-state index contributed by atoms with van der Waals surface area (Å²) < 4.78 is 11.7. The third-order valence-electron chi connectivity index (χ3n) is 8.86. The van der Waals surface area contributed by atoms with Gasteiger partial charge in [-0.1, -0.05) is 84.5 Å². The number of carbonyl (C=O) groups excluding carboxylic acids is 1. The first-order chi connectivity index (χ1) is 18.1. The minimum atomic E-state index is -0.310. The first kappa shape index (κ1) is 29.5. The molecule has 0 saturated heterocycles. The number of benzene rings is 1. The molecular formula is C33H51NO3. The first-order valence-corrected chi connectivity index (χ1v) is 15.5. The summed E-state index contributed by atoms with van der Waals surface area (Å²) in [6.45, 7) is 5.11. The number of unbranched alkanes of at least 4 members (excludes halogenated alkanes) is 7. The predicted octanol–water partition coefficient (Wildman–Crippen LogP) is 9.40. The van der Waals surface area contributed by atoms with E-state index in [2.05, 4.69) is 19.9 Å². The summed E-state index contributed by atoms with van der Waals surface area (Å²) in [5.74, 6) is 2.90. The zero-order chi connectivity index (χ0) is 26.3. The van der Waals surface area contributed by atoms with Gasteiger partial charge in [0.25, 0.3) is 0 Å². The van der Waals surface area contributed by atoms with Crippen molar-refractivity contribution < 1.29 is 14.3 Å². The average molecular weight is 510 g/mol. The van der Waals surface area contributed by atoms with Crippen LogP contribution in [0.3, 0.4) is 0 Å². The van der Waals surface area contributed by atoms with Gasteiger partial charge in [0.1, 0.15) is 17.9 Å². The number of nitrogens with zero attached hydrogens (tertiary/aromatic N) is 1. The summed E-state index contributed by atoms with van der Waals surface area (Å²) in [6.07, 6.45) is 22.7. The molecule has 206 valence electrons.